The van der Waals surface area contributed by atoms with Crippen LogP contribution in [0, 0.1) is 5.92 Å². The molecule has 1 N–H and O–H groups in total. The Morgan fingerprint density at radius 3 is 2.57 bits per heavy atom. The Kier molecular flexibility index (Phi) is 6.21. The molecule has 1 heterocycles. The fourth-order valence-corrected chi connectivity index (χ4v) is 3.74. The number of nitrogens with zero attached hydrogens (tertiary/aromatic N) is 1. The zero-order valence-corrected chi connectivity index (χ0v) is 17.3. The quantitative estimate of drug-likeness (QED) is 0.761. The highest BCUT2D eigenvalue weighted by molar-refractivity contribution is 5.95. The van der Waals surface area contributed by atoms with Crippen LogP contribution in [0.3, 0.4) is 0 Å². The second-order valence-corrected chi connectivity index (χ2v) is 8.07. The Bertz CT molecular complexity index is 892. The molecule has 1 atom stereocenters. The molecule has 1 aliphatic heterocycles. The summed E-state index contributed by atoms with van der Waals surface area (Å²) in [7, 11) is 1.61. The summed E-state index contributed by atoms with van der Waals surface area (Å²) in [5.41, 5.74) is 1.30. The number of carbonyl (C=O) groups excluding carboxylic acids is 2. The topological polar surface area (TPSA) is 67.9 Å². The van der Waals surface area contributed by atoms with Crippen LogP contribution in [0.25, 0.3) is 0 Å². The molecule has 1 saturated heterocycles. The lowest BCUT2D eigenvalue weighted by atomic mass is 9.98. The van der Waals surface area contributed by atoms with Crippen molar-refractivity contribution in [1.82, 2.24) is 10.2 Å². The molecule has 2 aliphatic rings. The first-order chi connectivity index (χ1) is 14.6. The predicted molar refractivity (Wildman–Crippen MR) is 114 cm³/mol. The first kappa shape index (κ1) is 20.3. The van der Waals surface area contributed by atoms with Crippen molar-refractivity contribution in [2.75, 3.05) is 26.8 Å². The molecule has 2 aromatic carbocycles. The van der Waals surface area contributed by atoms with Crippen LogP contribution in [0.5, 0.6) is 11.5 Å². The number of rotatable bonds is 7. The Morgan fingerprint density at radius 2 is 1.83 bits per heavy atom. The van der Waals surface area contributed by atoms with Gasteiger partial charge in [-0.2, -0.15) is 0 Å². The molecule has 1 saturated carbocycles. The van der Waals surface area contributed by atoms with E-state index in [4.69, 9.17) is 9.47 Å². The van der Waals surface area contributed by atoms with E-state index in [-0.39, 0.29) is 17.7 Å². The van der Waals surface area contributed by atoms with E-state index < -0.39 is 0 Å². The number of likely N-dealkylation sites (tertiary alicyclic amines) is 1. The zero-order chi connectivity index (χ0) is 20.9. The van der Waals surface area contributed by atoms with Crippen LogP contribution in [-0.2, 0) is 0 Å². The van der Waals surface area contributed by atoms with Gasteiger partial charge in [-0.25, -0.2) is 0 Å². The Morgan fingerprint density at radius 1 is 1.03 bits per heavy atom. The molecule has 2 fully saturated rings. The molecule has 0 aromatic heterocycles. The van der Waals surface area contributed by atoms with E-state index >= 15 is 0 Å². The number of piperidine rings is 1. The van der Waals surface area contributed by atoms with E-state index in [0.29, 0.717) is 36.1 Å². The normalized spacial score (nSPS) is 18.6. The maximum Gasteiger partial charge on any atom is 0.253 e. The van der Waals surface area contributed by atoms with Crippen LogP contribution in [0.2, 0.25) is 0 Å². The highest BCUT2D eigenvalue weighted by atomic mass is 16.5. The standard InChI is InChI=1S/C24H28N2O4/c1-29-21-11-7-18(8-12-21)24(28)26-13-3-4-17(15-26)16-30-22-6-2-5-19(14-22)23(27)25-20-9-10-20/h2,5-8,11-12,14,17,20H,3-4,9-10,13,15-16H2,1H3,(H,25,27)/t17-/m0/s1. The van der Waals surface area contributed by atoms with Gasteiger partial charge in [0.25, 0.3) is 11.8 Å². The van der Waals surface area contributed by atoms with E-state index in [0.717, 1.165) is 38.0 Å². The molecular weight excluding hydrogens is 380 g/mol. The number of nitrogens with one attached hydrogen (secondary N) is 1. The molecule has 158 valence electrons. The van der Waals surface area contributed by atoms with Crippen LogP contribution in [-0.4, -0.2) is 49.6 Å². The van der Waals surface area contributed by atoms with E-state index in [1.165, 1.54) is 0 Å². The number of hydrogen-bond donors (Lipinski definition) is 1. The van der Waals surface area contributed by atoms with Gasteiger partial charge in [0.05, 0.1) is 13.7 Å². The molecule has 0 radical (unpaired) electrons. The lowest BCUT2D eigenvalue weighted by Crippen LogP contribution is -2.41. The molecule has 0 unspecified atom stereocenters. The van der Waals surface area contributed by atoms with Crippen molar-refractivity contribution in [2.45, 2.75) is 31.7 Å². The molecular formula is C24H28N2O4. The number of amides is 2. The number of benzene rings is 2. The van der Waals surface area contributed by atoms with Gasteiger partial charge in [0.2, 0.25) is 0 Å². The Labute approximate surface area is 177 Å². The molecule has 6 nitrogen and oxygen atoms in total. The third-order valence-corrected chi connectivity index (χ3v) is 5.64. The van der Waals surface area contributed by atoms with Gasteiger partial charge in [0, 0.05) is 36.2 Å². The molecule has 1 aliphatic carbocycles. The number of methoxy groups -OCH3 is 1. The Hall–Kier alpha value is -3.02. The summed E-state index contributed by atoms with van der Waals surface area (Å²) in [5.74, 6) is 1.70. The summed E-state index contributed by atoms with van der Waals surface area (Å²) < 4.78 is 11.2. The van der Waals surface area contributed by atoms with Gasteiger partial charge in [-0.1, -0.05) is 6.07 Å². The summed E-state index contributed by atoms with van der Waals surface area (Å²) in [6.07, 6.45) is 4.11. The van der Waals surface area contributed by atoms with Crippen LogP contribution >= 0.6 is 0 Å². The average molecular weight is 408 g/mol. The molecule has 4 rings (SSSR count). The highest BCUT2D eigenvalue weighted by Crippen LogP contribution is 2.23. The fourth-order valence-electron chi connectivity index (χ4n) is 3.74. The molecule has 2 amide bonds. The summed E-state index contributed by atoms with van der Waals surface area (Å²) in [6.45, 7) is 1.96. The first-order valence-electron chi connectivity index (χ1n) is 10.6. The van der Waals surface area contributed by atoms with Crippen molar-refractivity contribution in [3.8, 4) is 11.5 Å². The largest absolute Gasteiger partial charge is 0.497 e. The fraction of sp³-hybridized carbons (Fsp3) is 0.417. The van der Waals surface area contributed by atoms with Crippen molar-refractivity contribution < 1.29 is 19.1 Å². The summed E-state index contributed by atoms with van der Waals surface area (Å²) in [6, 6.07) is 14.9. The minimum Gasteiger partial charge on any atom is -0.497 e. The van der Waals surface area contributed by atoms with Crippen molar-refractivity contribution in [1.29, 1.82) is 0 Å². The number of carbonyl (C=O) groups is 2. The third kappa shape index (κ3) is 5.12. The van der Waals surface area contributed by atoms with E-state index in [1.807, 2.05) is 29.2 Å². The Balaban J connectivity index is 1.31. The second-order valence-electron chi connectivity index (χ2n) is 8.07. The molecule has 2 aromatic rings. The van der Waals surface area contributed by atoms with Crippen molar-refractivity contribution in [2.24, 2.45) is 5.92 Å². The van der Waals surface area contributed by atoms with Gasteiger partial charge in [-0.3, -0.25) is 9.59 Å². The molecule has 6 heteroatoms. The highest BCUT2D eigenvalue weighted by Gasteiger charge is 2.26. The van der Waals surface area contributed by atoms with Crippen LogP contribution < -0.4 is 14.8 Å². The summed E-state index contributed by atoms with van der Waals surface area (Å²) >= 11 is 0. The first-order valence-corrected chi connectivity index (χ1v) is 10.6. The lowest BCUT2D eigenvalue weighted by molar-refractivity contribution is 0.0633. The van der Waals surface area contributed by atoms with Crippen LogP contribution in [0.4, 0.5) is 0 Å². The maximum atomic E-state index is 12.8. The second kappa shape index (κ2) is 9.20. The zero-order valence-electron chi connectivity index (χ0n) is 17.3. The molecule has 0 bridgehead atoms. The minimum atomic E-state index is -0.0446. The van der Waals surface area contributed by atoms with Gasteiger partial charge in [-0.05, 0) is 68.1 Å². The van der Waals surface area contributed by atoms with Gasteiger partial charge in [-0.15, -0.1) is 0 Å². The number of hydrogen-bond acceptors (Lipinski definition) is 4. The summed E-state index contributed by atoms with van der Waals surface area (Å²) in [4.78, 5) is 27.0. The SMILES string of the molecule is COc1ccc(C(=O)N2CCC[C@H](COc3cccc(C(=O)NC4CC4)c3)C2)cc1. The van der Waals surface area contributed by atoms with Crippen molar-refractivity contribution >= 4 is 11.8 Å². The van der Waals surface area contributed by atoms with E-state index in [2.05, 4.69) is 5.32 Å². The van der Waals surface area contributed by atoms with Gasteiger partial charge >= 0.3 is 0 Å². The predicted octanol–water partition coefficient (Wildman–Crippen LogP) is 3.52. The monoisotopic (exact) mass is 408 g/mol. The van der Waals surface area contributed by atoms with Crippen molar-refractivity contribution in [3.63, 3.8) is 0 Å². The number of ether oxygens (including phenoxy) is 2. The molecule has 30 heavy (non-hydrogen) atoms. The van der Waals surface area contributed by atoms with Crippen molar-refractivity contribution in [3.05, 3.63) is 59.7 Å². The smallest absolute Gasteiger partial charge is 0.253 e. The molecule has 0 spiro atoms. The summed E-state index contributed by atoms with van der Waals surface area (Å²) in [5, 5.41) is 3.00. The van der Waals surface area contributed by atoms with E-state index in [1.54, 1.807) is 31.4 Å². The van der Waals surface area contributed by atoms with Gasteiger partial charge < -0.3 is 19.7 Å². The van der Waals surface area contributed by atoms with Gasteiger partial charge in [0.1, 0.15) is 11.5 Å². The van der Waals surface area contributed by atoms with Gasteiger partial charge in [0.15, 0.2) is 0 Å². The minimum absolute atomic E-state index is 0.0427. The lowest BCUT2D eigenvalue weighted by Gasteiger charge is -2.32. The third-order valence-electron chi connectivity index (χ3n) is 5.64. The average Bonchev–Trinajstić information content (AvgIpc) is 3.61. The van der Waals surface area contributed by atoms with Crippen LogP contribution in [0.1, 0.15) is 46.4 Å². The van der Waals surface area contributed by atoms with Crippen LogP contribution in [0.15, 0.2) is 48.5 Å². The van der Waals surface area contributed by atoms with E-state index in [9.17, 15) is 9.59 Å². The maximum absolute atomic E-state index is 12.8.